The number of rotatable bonds is 6. The molecule has 0 radical (unpaired) electrons. The highest BCUT2D eigenvalue weighted by molar-refractivity contribution is 7.89. The first-order valence-electron chi connectivity index (χ1n) is 8.03. The monoisotopic (exact) mass is 391 g/mol. The average molecular weight is 391 g/mol. The van der Waals surface area contributed by atoms with E-state index in [0.29, 0.717) is 5.56 Å². The minimum Gasteiger partial charge on any atom is -0.495 e. The fourth-order valence-electron chi connectivity index (χ4n) is 2.93. The number of methoxy groups -OCH3 is 1. The molecule has 0 amide bonds. The van der Waals surface area contributed by atoms with E-state index in [0.717, 1.165) is 22.8 Å². The number of esters is 1. The summed E-state index contributed by atoms with van der Waals surface area (Å²) in [7, 11) is -2.81. The molecule has 0 spiro atoms. The number of nitrogens with two attached hydrogens (primary N) is 1. The molecule has 8 heteroatoms. The summed E-state index contributed by atoms with van der Waals surface area (Å²) in [6.45, 7) is 5.11. The smallest absolute Gasteiger partial charge is 0.338 e. The number of ether oxygens (including phenoxy) is 2. The van der Waals surface area contributed by atoms with Crippen molar-refractivity contribution in [1.29, 1.82) is 0 Å². The van der Waals surface area contributed by atoms with Gasteiger partial charge in [0, 0.05) is 5.56 Å². The van der Waals surface area contributed by atoms with Gasteiger partial charge in [0.25, 0.3) is 0 Å². The van der Waals surface area contributed by atoms with Crippen LogP contribution in [0.5, 0.6) is 5.75 Å². The van der Waals surface area contributed by atoms with Crippen molar-refractivity contribution in [2.75, 3.05) is 13.7 Å². The largest absolute Gasteiger partial charge is 0.495 e. The molecule has 0 aliphatic carbocycles. The molecule has 2 aromatic rings. The lowest BCUT2D eigenvalue weighted by Crippen LogP contribution is -2.18. The van der Waals surface area contributed by atoms with Crippen LogP contribution in [0.15, 0.2) is 35.2 Å². The summed E-state index contributed by atoms with van der Waals surface area (Å²) in [6.07, 6.45) is 0. The van der Waals surface area contributed by atoms with E-state index < -0.39 is 22.6 Å². The summed E-state index contributed by atoms with van der Waals surface area (Å²) in [6, 6.07) is 7.45. The van der Waals surface area contributed by atoms with Crippen LogP contribution in [0.2, 0.25) is 0 Å². The molecular weight excluding hydrogens is 370 g/mol. The molecule has 0 aliphatic rings. The van der Waals surface area contributed by atoms with Gasteiger partial charge in [0.15, 0.2) is 6.61 Å². The van der Waals surface area contributed by atoms with Gasteiger partial charge in [-0.25, -0.2) is 18.4 Å². The molecule has 0 saturated heterocycles. The van der Waals surface area contributed by atoms with Crippen molar-refractivity contribution in [3.63, 3.8) is 0 Å². The van der Waals surface area contributed by atoms with Crippen LogP contribution in [0, 0.1) is 20.8 Å². The van der Waals surface area contributed by atoms with Crippen molar-refractivity contribution in [3.05, 3.63) is 58.1 Å². The number of aryl methyl sites for hydroxylation is 3. The molecule has 0 unspecified atom stereocenters. The summed E-state index contributed by atoms with van der Waals surface area (Å²) in [4.78, 5) is 24.3. The lowest BCUT2D eigenvalue weighted by molar-refractivity contribution is 0.0474. The van der Waals surface area contributed by atoms with Crippen molar-refractivity contribution in [2.45, 2.75) is 25.7 Å². The van der Waals surface area contributed by atoms with Crippen LogP contribution in [0.25, 0.3) is 0 Å². The third-order valence-electron chi connectivity index (χ3n) is 4.00. The number of primary sulfonamides is 1. The third kappa shape index (κ3) is 4.72. The minimum atomic E-state index is -4.09. The summed E-state index contributed by atoms with van der Waals surface area (Å²) in [5, 5.41) is 5.13. The van der Waals surface area contributed by atoms with Crippen LogP contribution in [-0.4, -0.2) is 33.9 Å². The number of hydrogen-bond donors (Lipinski definition) is 1. The van der Waals surface area contributed by atoms with Crippen molar-refractivity contribution in [3.8, 4) is 5.75 Å². The molecule has 0 bridgehead atoms. The molecule has 2 rings (SSSR count). The number of sulfonamides is 1. The lowest BCUT2D eigenvalue weighted by atomic mass is 9.97. The highest BCUT2D eigenvalue weighted by Gasteiger charge is 2.20. The molecule has 0 saturated carbocycles. The van der Waals surface area contributed by atoms with Gasteiger partial charge in [-0.3, -0.25) is 4.79 Å². The van der Waals surface area contributed by atoms with Crippen molar-refractivity contribution >= 4 is 21.8 Å². The summed E-state index contributed by atoms with van der Waals surface area (Å²) in [5.41, 5.74) is 3.09. The van der Waals surface area contributed by atoms with Gasteiger partial charge in [0.2, 0.25) is 15.8 Å². The van der Waals surface area contributed by atoms with Gasteiger partial charge in [-0.15, -0.1) is 0 Å². The Bertz CT molecular complexity index is 988. The van der Waals surface area contributed by atoms with E-state index >= 15 is 0 Å². The van der Waals surface area contributed by atoms with E-state index in [4.69, 9.17) is 14.6 Å². The minimum absolute atomic E-state index is 0.0102. The van der Waals surface area contributed by atoms with Crippen LogP contribution in [-0.2, 0) is 14.8 Å². The van der Waals surface area contributed by atoms with E-state index in [9.17, 15) is 18.0 Å². The van der Waals surface area contributed by atoms with Gasteiger partial charge in [-0.2, -0.15) is 0 Å². The molecule has 0 heterocycles. The van der Waals surface area contributed by atoms with E-state index in [2.05, 4.69) is 0 Å². The van der Waals surface area contributed by atoms with Crippen molar-refractivity contribution in [2.24, 2.45) is 5.14 Å². The third-order valence-corrected chi connectivity index (χ3v) is 4.93. The van der Waals surface area contributed by atoms with Gasteiger partial charge >= 0.3 is 5.97 Å². The Morgan fingerprint density at radius 2 is 1.63 bits per heavy atom. The first-order chi connectivity index (χ1) is 12.5. The molecule has 144 valence electrons. The zero-order valence-electron chi connectivity index (χ0n) is 15.5. The number of ketones is 1. The Kier molecular flexibility index (Phi) is 6.02. The molecule has 0 aromatic heterocycles. The predicted octanol–water partition coefficient (Wildman–Crippen LogP) is 2.31. The number of benzene rings is 2. The zero-order chi connectivity index (χ0) is 20.4. The Hall–Kier alpha value is -2.71. The van der Waals surface area contributed by atoms with Gasteiger partial charge in [0.1, 0.15) is 10.6 Å². The topological polar surface area (TPSA) is 113 Å². The highest BCUT2D eigenvalue weighted by atomic mass is 32.2. The average Bonchev–Trinajstić information content (AvgIpc) is 2.57. The number of hydrogen-bond acceptors (Lipinski definition) is 6. The van der Waals surface area contributed by atoms with Gasteiger partial charge < -0.3 is 9.47 Å². The summed E-state index contributed by atoms with van der Waals surface area (Å²) >= 11 is 0. The molecule has 0 atom stereocenters. The summed E-state index contributed by atoms with van der Waals surface area (Å²) < 4.78 is 33.3. The van der Waals surface area contributed by atoms with Gasteiger partial charge in [-0.1, -0.05) is 17.7 Å². The van der Waals surface area contributed by atoms with Gasteiger partial charge in [0.05, 0.1) is 12.7 Å². The first kappa shape index (κ1) is 20.6. The number of carbonyl (C=O) groups excluding carboxylic acids is 2. The second-order valence-electron chi connectivity index (χ2n) is 6.18. The molecule has 7 nitrogen and oxygen atoms in total. The number of carbonyl (C=O) groups is 2. The SMILES string of the molecule is COc1ccc(C(=O)OCC(=O)c2c(C)cc(C)cc2C)cc1S(N)(=O)=O. The Morgan fingerprint density at radius 1 is 1.04 bits per heavy atom. The fraction of sp³-hybridized carbons (Fsp3) is 0.263. The van der Waals surface area contributed by atoms with E-state index in [1.807, 2.05) is 32.9 Å². The Morgan fingerprint density at radius 3 is 2.15 bits per heavy atom. The quantitative estimate of drug-likeness (QED) is 0.597. The predicted molar refractivity (Wildman–Crippen MR) is 99.6 cm³/mol. The van der Waals surface area contributed by atoms with Gasteiger partial charge in [-0.05, 0) is 50.1 Å². The molecule has 2 aromatic carbocycles. The maximum absolute atomic E-state index is 12.4. The second-order valence-corrected chi connectivity index (χ2v) is 7.71. The van der Waals surface area contributed by atoms with Crippen molar-refractivity contribution in [1.82, 2.24) is 0 Å². The van der Waals surface area contributed by atoms with Crippen LogP contribution in [0.3, 0.4) is 0 Å². The summed E-state index contributed by atoms with van der Waals surface area (Å²) in [5.74, 6) is -1.16. The lowest BCUT2D eigenvalue weighted by Gasteiger charge is -2.11. The molecular formula is C19H21NO6S. The van der Waals surface area contributed by atoms with E-state index in [1.165, 1.54) is 19.2 Å². The van der Waals surface area contributed by atoms with Crippen molar-refractivity contribution < 1.29 is 27.5 Å². The Labute approximate surface area is 158 Å². The maximum atomic E-state index is 12.4. The second kappa shape index (κ2) is 7.89. The highest BCUT2D eigenvalue weighted by Crippen LogP contribution is 2.24. The molecule has 27 heavy (non-hydrogen) atoms. The van der Waals surface area contributed by atoms with Crippen LogP contribution < -0.4 is 9.88 Å². The van der Waals surface area contributed by atoms with E-state index in [1.54, 1.807) is 0 Å². The standard InChI is InChI=1S/C19H21NO6S/c1-11-7-12(2)18(13(3)8-11)15(21)10-26-19(22)14-5-6-16(25-4)17(9-14)27(20,23)24/h5-9H,10H2,1-4H3,(H2,20,23,24). The first-order valence-corrected chi connectivity index (χ1v) is 9.58. The van der Waals surface area contributed by atoms with Crippen LogP contribution in [0.1, 0.15) is 37.4 Å². The van der Waals surface area contributed by atoms with E-state index in [-0.39, 0.29) is 22.0 Å². The Balaban J connectivity index is 2.20. The molecule has 0 fully saturated rings. The maximum Gasteiger partial charge on any atom is 0.338 e. The molecule has 0 aliphatic heterocycles. The fourth-order valence-corrected chi connectivity index (χ4v) is 3.66. The molecule has 2 N–H and O–H groups in total. The van der Waals surface area contributed by atoms with Crippen LogP contribution in [0.4, 0.5) is 0 Å². The zero-order valence-corrected chi connectivity index (χ0v) is 16.3. The normalized spacial score (nSPS) is 11.1. The number of Topliss-reactive ketones (excluding diaryl/α,β-unsaturated/α-hetero) is 1. The van der Waals surface area contributed by atoms with Crippen LogP contribution >= 0.6 is 0 Å².